The summed E-state index contributed by atoms with van der Waals surface area (Å²) < 4.78 is 1.64. The van der Waals surface area contributed by atoms with E-state index in [1.54, 1.807) is 41.5 Å². The van der Waals surface area contributed by atoms with Crippen molar-refractivity contribution in [2.75, 3.05) is 10.6 Å². The largest absolute Gasteiger partial charge is 0.346 e. The Labute approximate surface area is 189 Å². The van der Waals surface area contributed by atoms with Gasteiger partial charge in [0.15, 0.2) is 0 Å². The molecule has 0 atom stereocenters. The predicted octanol–water partition coefficient (Wildman–Crippen LogP) is 4.56. The second kappa shape index (κ2) is 8.43. The van der Waals surface area contributed by atoms with Gasteiger partial charge in [0.1, 0.15) is 5.65 Å². The van der Waals surface area contributed by atoms with E-state index < -0.39 is 0 Å². The molecule has 0 unspecified atom stereocenters. The van der Waals surface area contributed by atoms with E-state index in [1.807, 2.05) is 49.4 Å². The number of fused-ring (bicyclic) bond motifs is 1. The van der Waals surface area contributed by atoms with Crippen LogP contribution >= 0.6 is 0 Å². The summed E-state index contributed by atoms with van der Waals surface area (Å²) in [7, 11) is 0. The van der Waals surface area contributed by atoms with Crippen LogP contribution in [-0.4, -0.2) is 31.6 Å². The topological polar surface area (TPSA) is 105 Å². The van der Waals surface area contributed by atoms with E-state index in [1.165, 1.54) is 6.20 Å². The van der Waals surface area contributed by atoms with Crippen LogP contribution in [0.5, 0.6) is 0 Å². The molecule has 5 rings (SSSR count). The number of carbonyl (C=O) groups excluding carboxylic acids is 2. The Hall–Kier alpha value is -4.72. The first-order chi connectivity index (χ1) is 16.1. The fourth-order valence-corrected chi connectivity index (χ4v) is 3.52. The number of pyridine rings is 1. The van der Waals surface area contributed by atoms with Gasteiger partial charge in [-0.3, -0.25) is 9.59 Å². The molecule has 0 fully saturated rings. The second-order valence-electron chi connectivity index (χ2n) is 7.59. The second-order valence-corrected chi connectivity index (χ2v) is 7.59. The molecule has 3 heterocycles. The minimum atomic E-state index is -0.311. The minimum absolute atomic E-state index is 0.280. The smallest absolute Gasteiger partial charge is 0.258 e. The van der Waals surface area contributed by atoms with Gasteiger partial charge >= 0.3 is 0 Å². The highest BCUT2D eigenvalue weighted by Gasteiger charge is 2.14. The van der Waals surface area contributed by atoms with Gasteiger partial charge in [-0.15, -0.1) is 0 Å². The van der Waals surface area contributed by atoms with E-state index in [4.69, 9.17) is 0 Å². The third kappa shape index (κ3) is 4.22. The first-order valence-electron chi connectivity index (χ1n) is 10.3. The quantitative estimate of drug-likeness (QED) is 0.376. The Morgan fingerprint density at radius 2 is 1.73 bits per heavy atom. The Morgan fingerprint density at radius 1 is 0.909 bits per heavy atom. The molecule has 2 aromatic carbocycles. The van der Waals surface area contributed by atoms with Crippen LogP contribution in [0.1, 0.15) is 26.3 Å². The maximum atomic E-state index is 12.9. The van der Waals surface area contributed by atoms with Gasteiger partial charge in [0, 0.05) is 29.0 Å². The molecule has 0 aliphatic rings. The SMILES string of the molecule is Cc1ccc(NC(=O)c2cnn(-c3ccccc3)c2)cc1C(=O)Nc1cnc2[nH]ccc2c1. The molecule has 0 aliphatic heterocycles. The molecule has 162 valence electrons. The summed E-state index contributed by atoms with van der Waals surface area (Å²) in [6, 6.07) is 18.5. The van der Waals surface area contributed by atoms with Gasteiger partial charge in [0.2, 0.25) is 0 Å². The number of para-hydroxylation sites is 1. The number of hydrogen-bond acceptors (Lipinski definition) is 4. The van der Waals surface area contributed by atoms with Crippen LogP contribution in [0.4, 0.5) is 11.4 Å². The molecule has 5 aromatic rings. The standard InChI is InChI=1S/C25H20N6O2/c1-16-7-8-19(29-24(32)18-13-28-31(15-18)21-5-3-2-4-6-21)12-22(16)25(33)30-20-11-17-9-10-26-23(17)27-14-20/h2-15H,1H3,(H,26,27)(H,29,32)(H,30,33). The lowest BCUT2D eigenvalue weighted by molar-refractivity contribution is 0.101. The van der Waals surface area contributed by atoms with Gasteiger partial charge in [-0.25, -0.2) is 9.67 Å². The number of aryl methyl sites for hydroxylation is 1. The van der Waals surface area contributed by atoms with Gasteiger partial charge in [-0.1, -0.05) is 24.3 Å². The van der Waals surface area contributed by atoms with E-state index in [0.29, 0.717) is 22.5 Å². The fraction of sp³-hybridized carbons (Fsp3) is 0.0400. The number of carbonyl (C=O) groups is 2. The van der Waals surface area contributed by atoms with Crippen molar-refractivity contribution in [1.82, 2.24) is 19.7 Å². The van der Waals surface area contributed by atoms with Gasteiger partial charge in [-0.2, -0.15) is 5.10 Å². The normalized spacial score (nSPS) is 10.8. The molecule has 3 aromatic heterocycles. The Morgan fingerprint density at radius 3 is 2.58 bits per heavy atom. The summed E-state index contributed by atoms with van der Waals surface area (Å²) in [5, 5.41) is 10.9. The lowest BCUT2D eigenvalue weighted by atomic mass is 10.1. The maximum Gasteiger partial charge on any atom is 0.258 e. The van der Waals surface area contributed by atoms with Gasteiger partial charge in [0.05, 0.1) is 29.3 Å². The number of benzene rings is 2. The number of aromatic nitrogens is 4. The van der Waals surface area contributed by atoms with Gasteiger partial charge < -0.3 is 15.6 Å². The number of H-pyrrole nitrogens is 1. The van der Waals surface area contributed by atoms with Crippen molar-refractivity contribution in [3.8, 4) is 5.69 Å². The molecule has 33 heavy (non-hydrogen) atoms. The number of aromatic amines is 1. The highest BCUT2D eigenvalue weighted by Crippen LogP contribution is 2.20. The van der Waals surface area contributed by atoms with Crippen molar-refractivity contribution in [1.29, 1.82) is 0 Å². The molecule has 0 bridgehead atoms. The molecular weight excluding hydrogens is 416 g/mol. The zero-order valence-electron chi connectivity index (χ0n) is 17.7. The molecule has 8 nitrogen and oxygen atoms in total. The first kappa shape index (κ1) is 20.2. The zero-order valence-corrected chi connectivity index (χ0v) is 17.7. The van der Waals surface area contributed by atoms with Crippen LogP contribution in [-0.2, 0) is 0 Å². The van der Waals surface area contributed by atoms with E-state index in [2.05, 4.69) is 25.7 Å². The number of amides is 2. The Kier molecular flexibility index (Phi) is 5.16. The molecule has 8 heteroatoms. The van der Waals surface area contributed by atoms with Gasteiger partial charge in [-0.05, 0) is 48.9 Å². The molecule has 0 saturated heterocycles. The summed E-state index contributed by atoms with van der Waals surface area (Å²) in [4.78, 5) is 33.0. The minimum Gasteiger partial charge on any atom is -0.346 e. The predicted molar refractivity (Wildman–Crippen MR) is 127 cm³/mol. The number of hydrogen-bond donors (Lipinski definition) is 3. The van der Waals surface area contributed by atoms with E-state index in [-0.39, 0.29) is 11.8 Å². The monoisotopic (exact) mass is 436 g/mol. The first-order valence-corrected chi connectivity index (χ1v) is 10.3. The summed E-state index contributed by atoms with van der Waals surface area (Å²) >= 11 is 0. The van der Waals surface area contributed by atoms with Crippen LogP contribution in [0.25, 0.3) is 16.7 Å². The van der Waals surface area contributed by atoms with Crippen molar-refractivity contribution < 1.29 is 9.59 Å². The summed E-state index contributed by atoms with van der Waals surface area (Å²) in [5.74, 6) is -0.591. The van der Waals surface area contributed by atoms with Crippen LogP contribution in [0.2, 0.25) is 0 Å². The Balaban J connectivity index is 1.32. The molecule has 0 spiro atoms. The number of anilines is 2. The highest BCUT2D eigenvalue weighted by atomic mass is 16.2. The van der Waals surface area contributed by atoms with Crippen LogP contribution in [0.15, 0.2) is 85.5 Å². The maximum absolute atomic E-state index is 12.9. The molecular formula is C25H20N6O2. The molecule has 0 radical (unpaired) electrons. The lowest BCUT2D eigenvalue weighted by Gasteiger charge is -2.10. The van der Waals surface area contributed by atoms with Crippen molar-refractivity contribution >= 4 is 34.2 Å². The van der Waals surface area contributed by atoms with E-state index >= 15 is 0 Å². The number of rotatable bonds is 5. The molecule has 0 aliphatic carbocycles. The number of nitrogens with one attached hydrogen (secondary N) is 3. The molecule has 2 amide bonds. The summed E-state index contributed by atoms with van der Waals surface area (Å²) in [6.07, 6.45) is 6.57. The van der Waals surface area contributed by atoms with Crippen molar-refractivity contribution in [3.63, 3.8) is 0 Å². The molecule has 3 N–H and O–H groups in total. The number of nitrogens with zero attached hydrogens (tertiary/aromatic N) is 3. The fourth-order valence-electron chi connectivity index (χ4n) is 3.52. The van der Waals surface area contributed by atoms with Crippen LogP contribution < -0.4 is 10.6 Å². The third-order valence-electron chi connectivity index (χ3n) is 5.26. The average Bonchev–Trinajstić information content (AvgIpc) is 3.50. The Bertz CT molecular complexity index is 1470. The highest BCUT2D eigenvalue weighted by molar-refractivity contribution is 6.08. The summed E-state index contributed by atoms with van der Waals surface area (Å²) in [5.41, 5.74) is 4.38. The summed E-state index contributed by atoms with van der Waals surface area (Å²) in [6.45, 7) is 1.85. The van der Waals surface area contributed by atoms with Crippen molar-refractivity contribution in [2.45, 2.75) is 6.92 Å². The average molecular weight is 436 g/mol. The molecule has 0 saturated carbocycles. The van der Waals surface area contributed by atoms with Gasteiger partial charge in [0.25, 0.3) is 11.8 Å². The zero-order chi connectivity index (χ0) is 22.8. The van der Waals surface area contributed by atoms with E-state index in [0.717, 1.165) is 22.3 Å². The van der Waals surface area contributed by atoms with Crippen molar-refractivity contribution in [3.05, 3.63) is 102 Å². The van der Waals surface area contributed by atoms with Crippen molar-refractivity contribution in [2.24, 2.45) is 0 Å². The third-order valence-corrected chi connectivity index (χ3v) is 5.26. The van der Waals surface area contributed by atoms with Crippen LogP contribution in [0, 0.1) is 6.92 Å². The van der Waals surface area contributed by atoms with E-state index in [9.17, 15) is 9.59 Å². The lowest BCUT2D eigenvalue weighted by Crippen LogP contribution is -2.15. The van der Waals surface area contributed by atoms with Crippen LogP contribution in [0.3, 0.4) is 0 Å².